The summed E-state index contributed by atoms with van der Waals surface area (Å²) in [6.07, 6.45) is 0. The molecular formula is C10H9BrClFO. The van der Waals surface area contributed by atoms with Crippen molar-refractivity contribution in [1.29, 1.82) is 0 Å². The lowest BCUT2D eigenvalue weighted by Gasteiger charge is -2.11. The molecule has 0 fully saturated rings. The van der Waals surface area contributed by atoms with E-state index in [-0.39, 0.29) is 11.6 Å². The summed E-state index contributed by atoms with van der Waals surface area (Å²) >= 11 is 9.03. The van der Waals surface area contributed by atoms with Gasteiger partial charge in [-0.25, -0.2) is 4.39 Å². The highest BCUT2D eigenvalue weighted by molar-refractivity contribution is 9.08. The van der Waals surface area contributed by atoms with E-state index in [4.69, 9.17) is 11.6 Å². The van der Waals surface area contributed by atoms with Gasteiger partial charge in [-0.2, -0.15) is 0 Å². The second kappa shape index (κ2) is 4.89. The molecule has 1 nitrogen and oxygen atoms in total. The van der Waals surface area contributed by atoms with Crippen molar-refractivity contribution in [2.75, 3.05) is 0 Å². The molecule has 0 amide bonds. The van der Waals surface area contributed by atoms with Crippen molar-refractivity contribution in [1.82, 2.24) is 0 Å². The van der Waals surface area contributed by atoms with Gasteiger partial charge in [-0.05, 0) is 18.6 Å². The van der Waals surface area contributed by atoms with Crippen molar-refractivity contribution in [2.45, 2.75) is 17.6 Å². The predicted octanol–water partition coefficient (Wildman–Crippen LogP) is 3.59. The lowest BCUT2D eigenvalue weighted by molar-refractivity contribution is -0.116. The van der Waals surface area contributed by atoms with Crippen LogP contribution in [0.15, 0.2) is 18.2 Å². The first-order valence-corrected chi connectivity index (χ1v) is 5.61. The van der Waals surface area contributed by atoms with Crippen molar-refractivity contribution >= 4 is 33.3 Å². The quantitative estimate of drug-likeness (QED) is 0.773. The van der Waals surface area contributed by atoms with E-state index in [0.717, 1.165) is 0 Å². The Bertz CT molecular complexity index is 354. The van der Waals surface area contributed by atoms with Crippen molar-refractivity contribution in [3.63, 3.8) is 0 Å². The Labute approximate surface area is 95.4 Å². The normalized spacial score (nSPS) is 12.6. The van der Waals surface area contributed by atoms with E-state index in [0.29, 0.717) is 16.5 Å². The second-order valence-corrected chi connectivity index (χ2v) is 3.91. The maximum absolute atomic E-state index is 13.3. The number of carbonyl (C=O) groups excluding carboxylic acids is 1. The third-order valence-corrected chi connectivity index (χ3v) is 3.02. The van der Waals surface area contributed by atoms with Gasteiger partial charge in [0.1, 0.15) is 11.2 Å². The average molecular weight is 280 g/mol. The zero-order valence-corrected chi connectivity index (χ0v) is 9.90. The summed E-state index contributed by atoms with van der Waals surface area (Å²) in [4.78, 5) is 11.1. The van der Waals surface area contributed by atoms with Gasteiger partial charge >= 0.3 is 0 Å². The Kier molecular flexibility index (Phi) is 4.08. The molecule has 0 spiro atoms. The highest BCUT2D eigenvalue weighted by Crippen LogP contribution is 2.28. The third kappa shape index (κ3) is 2.34. The largest absolute Gasteiger partial charge is 0.298 e. The van der Waals surface area contributed by atoms with Crippen LogP contribution < -0.4 is 0 Å². The van der Waals surface area contributed by atoms with Crippen molar-refractivity contribution in [3.8, 4) is 0 Å². The third-order valence-electron chi connectivity index (χ3n) is 1.92. The van der Waals surface area contributed by atoms with Crippen LogP contribution in [0.4, 0.5) is 4.39 Å². The number of alkyl halides is 2. The van der Waals surface area contributed by atoms with Crippen molar-refractivity contribution in [3.05, 3.63) is 35.1 Å². The van der Waals surface area contributed by atoms with Gasteiger partial charge in [-0.1, -0.05) is 28.1 Å². The van der Waals surface area contributed by atoms with Crippen molar-refractivity contribution < 1.29 is 9.18 Å². The van der Waals surface area contributed by atoms with Gasteiger partial charge in [0, 0.05) is 10.9 Å². The van der Waals surface area contributed by atoms with Crippen LogP contribution >= 0.6 is 27.5 Å². The van der Waals surface area contributed by atoms with E-state index in [2.05, 4.69) is 15.9 Å². The summed E-state index contributed by atoms with van der Waals surface area (Å²) in [6.45, 7) is 1.39. The molecule has 76 valence electrons. The molecule has 1 aromatic rings. The zero-order chi connectivity index (χ0) is 10.7. The number of Topliss-reactive ketones (excluding diaryl/α,β-unsaturated/α-hetero) is 1. The van der Waals surface area contributed by atoms with Gasteiger partial charge in [0.25, 0.3) is 0 Å². The summed E-state index contributed by atoms with van der Waals surface area (Å²) < 4.78 is 13.3. The number of rotatable bonds is 3. The van der Waals surface area contributed by atoms with E-state index in [1.165, 1.54) is 13.0 Å². The first-order valence-electron chi connectivity index (χ1n) is 4.05. The number of benzene rings is 1. The number of hydrogen-bond acceptors (Lipinski definition) is 1. The average Bonchev–Trinajstić information content (AvgIpc) is 2.16. The number of ketones is 1. The standard InChI is InChI=1S/C10H9BrClFO/c1-6(14)10(12)7-3-2-4-9(13)8(7)5-11/h2-4,10H,5H2,1H3. The van der Waals surface area contributed by atoms with E-state index < -0.39 is 5.38 Å². The summed E-state index contributed by atoms with van der Waals surface area (Å²) in [6, 6.07) is 4.57. The smallest absolute Gasteiger partial charge is 0.152 e. The Hall–Kier alpha value is -0.410. The minimum Gasteiger partial charge on any atom is -0.298 e. The highest BCUT2D eigenvalue weighted by atomic mass is 79.9. The summed E-state index contributed by atoms with van der Waals surface area (Å²) in [5.74, 6) is -0.522. The fourth-order valence-corrected chi connectivity index (χ4v) is 1.97. The molecule has 1 rings (SSSR count). The molecule has 0 aromatic heterocycles. The summed E-state index contributed by atoms with van der Waals surface area (Å²) in [5, 5.41) is -0.413. The Morgan fingerprint density at radius 1 is 1.64 bits per heavy atom. The van der Waals surface area contributed by atoms with Crippen LogP contribution in [0.5, 0.6) is 0 Å². The van der Waals surface area contributed by atoms with Crippen molar-refractivity contribution in [2.24, 2.45) is 0 Å². The molecule has 4 heteroatoms. The first kappa shape index (κ1) is 11.7. The van der Waals surface area contributed by atoms with E-state index >= 15 is 0 Å². The number of halogens is 3. The molecule has 1 atom stereocenters. The van der Waals surface area contributed by atoms with E-state index in [9.17, 15) is 9.18 Å². The van der Waals surface area contributed by atoms with E-state index in [1.54, 1.807) is 12.1 Å². The Morgan fingerprint density at radius 3 is 2.79 bits per heavy atom. The fraction of sp³-hybridized carbons (Fsp3) is 0.300. The molecule has 0 bridgehead atoms. The van der Waals surface area contributed by atoms with Crippen LogP contribution in [-0.4, -0.2) is 5.78 Å². The zero-order valence-electron chi connectivity index (χ0n) is 7.56. The van der Waals surface area contributed by atoms with E-state index in [1.807, 2.05) is 0 Å². The lowest BCUT2D eigenvalue weighted by Crippen LogP contribution is -2.05. The maximum Gasteiger partial charge on any atom is 0.152 e. The predicted molar refractivity (Wildman–Crippen MR) is 58.3 cm³/mol. The molecule has 14 heavy (non-hydrogen) atoms. The molecule has 1 aromatic carbocycles. The van der Waals surface area contributed by atoms with Crippen LogP contribution in [0.3, 0.4) is 0 Å². The Balaban J connectivity index is 3.20. The topological polar surface area (TPSA) is 17.1 Å². The van der Waals surface area contributed by atoms with Crippen LogP contribution in [0.2, 0.25) is 0 Å². The van der Waals surface area contributed by atoms with Crippen LogP contribution in [0, 0.1) is 5.82 Å². The summed E-state index contributed by atoms with van der Waals surface area (Å²) in [7, 11) is 0. The fourth-order valence-electron chi connectivity index (χ4n) is 1.17. The monoisotopic (exact) mass is 278 g/mol. The minimum atomic E-state index is -0.766. The molecule has 1 unspecified atom stereocenters. The van der Waals surface area contributed by atoms with Gasteiger partial charge in [0.05, 0.1) is 0 Å². The van der Waals surface area contributed by atoms with Gasteiger partial charge in [0.2, 0.25) is 0 Å². The molecular weight excluding hydrogens is 270 g/mol. The van der Waals surface area contributed by atoms with Crippen LogP contribution in [-0.2, 0) is 10.1 Å². The van der Waals surface area contributed by atoms with Gasteiger partial charge < -0.3 is 0 Å². The molecule has 0 heterocycles. The van der Waals surface area contributed by atoms with Gasteiger partial charge in [-0.3, -0.25) is 4.79 Å². The molecule has 0 aliphatic carbocycles. The highest BCUT2D eigenvalue weighted by Gasteiger charge is 2.18. The maximum atomic E-state index is 13.3. The first-order chi connectivity index (χ1) is 6.57. The molecule has 0 N–H and O–H groups in total. The number of carbonyl (C=O) groups is 1. The molecule has 0 saturated carbocycles. The molecule has 0 aliphatic heterocycles. The molecule has 0 radical (unpaired) electrons. The van der Waals surface area contributed by atoms with Gasteiger partial charge in [0.15, 0.2) is 5.78 Å². The number of hydrogen-bond donors (Lipinski definition) is 0. The van der Waals surface area contributed by atoms with Gasteiger partial charge in [-0.15, -0.1) is 11.6 Å². The molecule has 0 aliphatic rings. The second-order valence-electron chi connectivity index (χ2n) is 2.91. The molecule has 0 saturated heterocycles. The van der Waals surface area contributed by atoms with Crippen LogP contribution in [0.1, 0.15) is 23.4 Å². The SMILES string of the molecule is CC(=O)C(Cl)c1cccc(F)c1CBr. The Morgan fingerprint density at radius 2 is 2.29 bits per heavy atom. The minimum absolute atomic E-state index is 0.181. The van der Waals surface area contributed by atoms with Crippen LogP contribution in [0.25, 0.3) is 0 Å². The lowest BCUT2D eigenvalue weighted by atomic mass is 10.0. The summed E-state index contributed by atoms with van der Waals surface area (Å²) in [5.41, 5.74) is 0.985.